The third kappa shape index (κ3) is 3.90. The van der Waals surface area contributed by atoms with E-state index < -0.39 is 11.7 Å². The van der Waals surface area contributed by atoms with Crippen LogP contribution in [-0.2, 0) is 12.7 Å². The van der Waals surface area contributed by atoms with Gasteiger partial charge in [-0.2, -0.15) is 23.0 Å². The maximum Gasteiger partial charge on any atom is 0.416 e. The molecule has 1 aromatic carbocycles. The predicted octanol–water partition coefficient (Wildman–Crippen LogP) is 3.89. The van der Waals surface area contributed by atoms with Gasteiger partial charge in [0, 0.05) is 37.1 Å². The van der Waals surface area contributed by atoms with Crippen LogP contribution in [0, 0.1) is 6.92 Å². The average Bonchev–Trinajstić information content (AvgIpc) is 3.29. The molecule has 3 heterocycles. The standard InChI is InChI=1S/C21H26F3N5O/c1-15-5-10-29(26-15)19(30)27-11-7-20(8-12-27)6-2-9-28(20)14-16-3-4-17(13-18(16)25)21(22,23)24/h3-5,10,13H,2,6-9,11-12,14,25H2,1H3. The van der Waals surface area contributed by atoms with E-state index in [2.05, 4.69) is 10.00 Å². The lowest BCUT2D eigenvalue weighted by Gasteiger charge is -2.45. The minimum atomic E-state index is -4.39. The molecule has 2 fully saturated rings. The first-order valence-corrected chi connectivity index (χ1v) is 10.2. The topological polar surface area (TPSA) is 67.4 Å². The van der Waals surface area contributed by atoms with Gasteiger partial charge in [0.25, 0.3) is 0 Å². The fourth-order valence-electron chi connectivity index (χ4n) is 4.71. The predicted molar refractivity (Wildman–Crippen MR) is 107 cm³/mol. The largest absolute Gasteiger partial charge is 0.416 e. The molecule has 4 rings (SSSR count). The monoisotopic (exact) mass is 421 g/mol. The first-order valence-electron chi connectivity index (χ1n) is 10.2. The molecule has 162 valence electrons. The van der Waals surface area contributed by atoms with Crippen molar-refractivity contribution in [2.24, 2.45) is 0 Å². The number of nitrogens with two attached hydrogens (primary N) is 1. The number of alkyl halides is 3. The molecule has 30 heavy (non-hydrogen) atoms. The summed E-state index contributed by atoms with van der Waals surface area (Å²) in [7, 11) is 0. The summed E-state index contributed by atoms with van der Waals surface area (Å²) in [6.07, 6.45) is 1.01. The number of nitrogen functional groups attached to an aromatic ring is 1. The molecule has 0 aliphatic carbocycles. The summed E-state index contributed by atoms with van der Waals surface area (Å²) in [6.45, 7) is 4.52. The molecule has 2 N–H and O–H groups in total. The van der Waals surface area contributed by atoms with Gasteiger partial charge in [-0.1, -0.05) is 6.07 Å². The molecule has 6 nitrogen and oxygen atoms in total. The Morgan fingerprint density at radius 3 is 2.50 bits per heavy atom. The van der Waals surface area contributed by atoms with Crippen LogP contribution in [0.2, 0.25) is 0 Å². The SMILES string of the molecule is Cc1ccn(C(=O)N2CCC3(CCCN3Cc3ccc(C(F)(F)F)cc3N)CC2)n1. The molecular formula is C21H26F3N5O. The van der Waals surface area contributed by atoms with Crippen molar-refractivity contribution in [3.05, 3.63) is 47.3 Å². The zero-order chi connectivity index (χ0) is 21.5. The highest BCUT2D eigenvalue weighted by Gasteiger charge is 2.44. The Bertz CT molecular complexity index is 931. The number of hydrogen-bond acceptors (Lipinski definition) is 4. The highest BCUT2D eigenvalue weighted by atomic mass is 19.4. The van der Waals surface area contributed by atoms with Gasteiger partial charge in [-0.25, -0.2) is 4.79 Å². The zero-order valence-corrected chi connectivity index (χ0v) is 17.0. The van der Waals surface area contributed by atoms with Crippen LogP contribution in [0.5, 0.6) is 0 Å². The highest BCUT2D eigenvalue weighted by Crippen LogP contribution is 2.40. The van der Waals surface area contributed by atoms with Crippen LogP contribution < -0.4 is 5.73 Å². The van der Waals surface area contributed by atoms with Crippen LogP contribution in [0.25, 0.3) is 0 Å². The first kappa shape index (κ1) is 20.7. The number of carbonyl (C=O) groups is 1. The number of piperidine rings is 1. The average molecular weight is 421 g/mol. The summed E-state index contributed by atoms with van der Waals surface area (Å²) in [6, 6.07) is 5.29. The van der Waals surface area contributed by atoms with E-state index in [1.165, 1.54) is 10.7 Å². The lowest BCUT2D eigenvalue weighted by atomic mass is 9.84. The van der Waals surface area contributed by atoms with Gasteiger partial charge >= 0.3 is 12.2 Å². The second kappa shape index (κ2) is 7.61. The van der Waals surface area contributed by atoms with Crippen LogP contribution in [0.4, 0.5) is 23.7 Å². The summed E-state index contributed by atoms with van der Waals surface area (Å²) in [5.74, 6) is 0. The number of rotatable bonds is 2. The van der Waals surface area contributed by atoms with Gasteiger partial charge in [-0.3, -0.25) is 4.90 Å². The van der Waals surface area contributed by atoms with Crippen molar-refractivity contribution in [3.8, 4) is 0 Å². The number of amides is 1. The highest BCUT2D eigenvalue weighted by molar-refractivity contribution is 5.76. The summed E-state index contributed by atoms with van der Waals surface area (Å²) < 4.78 is 40.1. The van der Waals surface area contributed by atoms with E-state index in [0.717, 1.165) is 55.6 Å². The Labute approximate surface area is 173 Å². The number of carbonyl (C=O) groups excluding carboxylic acids is 1. The van der Waals surface area contributed by atoms with Crippen molar-refractivity contribution in [1.29, 1.82) is 0 Å². The van der Waals surface area contributed by atoms with E-state index in [1.54, 1.807) is 12.3 Å². The molecule has 0 unspecified atom stereocenters. The Kier molecular flexibility index (Phi) is 5.25. The molecule has 0 bridgehead atoms. The number of halogens is 3. The number of nitrogens with zero attached hydrogens (tertiary/aromatic N) is 4. The molecule has 1 aromatic heterocycles. The second-order valence-electron chi connectivity index (χ2n) is 8.33. The Morgan fingerprint density at radius 1 is 1.17 bits per heavy atom. The van der Waals surface area contributed by atoms with E-state index in [1.807, 2.05) is 11.8 Å². The van der Waals surface area contributed by atoms with Crippen molar-refractivity contribution in [3.63, 3.8) is 0 Å². The fraction of sp³-hybridized carbons (Fsp3) is 0.524. The molecule has 0 radical (unpaired) electrons. The van der Waals surface area contributed by atoms with Gasteiger partial charge in [-0.15, -0.1) is 0 Å². The molecule has 2 saturated heterocycles. The van der Waals surface area contributed by atoms with Gasteiger partial charge < -0.3 is 10.6 Å². The van der Waals surface area contributed by atoms with Gasteiger partial charge in [-0.05, 0) is 62.9 Å². The number of likely N-dealkylation sites (tertiary alicyclic amines) is 2. The molecule has 0 saturated carbocycles. The third-order valence-electron chi connectivity index (χ3n) is 6.46. The third-order valence-corrected chi connectivity index (χ3v) is 6.46. The second-order valence-corrected chi connectivity index (χ2v) is 8.33. The minimum absolute atomic E-state index is 0.0358. The number of benzene rings is 1. The number of hydrogen-bond donors (Lipinski definition) is 1. The van der Waals surface area contributed by atoms with Crippen molar-refractivity contribution in [1.82, 2.24) is 19.6 Å². The fourth-order valence-corrected chi connectivity index (χ4v) is 4.71. The normalized spacial score (nSPS) is 19.5. The number of anilines is 1. The van der Waals surface area contributed by atoms with E-state index in [4.69, 9.17) is 5.73 Å². The Hall–Kier alpha value is -2.55. The maximum atomic E-state index is 12.9. The van der Waals surface area contributed by atoms with Crippen molar-refractivity contribution in [2.75, 3.05) is 25.4 Å². The molecule has 2 aromatic rings. The molecule has 2 aliphatic heterocycles. The summed E-state index contributed by atoms with van der Waals surface area (Å²) >= 11 is 0. The lowest BCUT2D eigenvalue weighted by Crippen LogP contribution is -2.53. The molecular weight excluding hydrogens is 395 g/mol. The summed E-state index contributed by atoms with van der Waals surface area (Å²) in [4.78, 5) is 16.8. The van der Waals surface area contributed by atoms with Crippen LogP contribution >= 0.6 is 0 Å². The first-order chi connectivity index (χ1) is 14.2. The number of aromatic nitrogens is 2. The van der Waals surface area contributed by atoms with E-state index in [9.17, 15) is 18.0 Å². The minimum Gasteiger partial charge on any atom is -0.398 e. The Morgan fingerprint density at radius 2 is 1.90 bits per heavy atom. The van der Waals surface area contributed by atoms with Gasteiger partial charge in [0.1, 0.15) is 0 Å². The molecule has 1 spiro atoms. The summed E-state index contributed by atoms with van der Waals surface area (Å²) in [5.41, 5.74) is 6.89. The molecule has 9 heteroatoms. The van der Waals surface area contributed by atoms with E-state index >= 15 is 0 Å². The number of aryl methyl sites for hydroxylation is 1. The molecule has 1 amide bonds. The van der Waals surface area contributed by atoms with Crippen LogP contribution in [0.1, 0.15) is 42.5 Å². The quantitative estimate of drug-likeness (QED) is 0.747. The Balaban J connectivity index is 1.44. The van der Waals surface area contributed by atoms with Crippen molar-refractivity contribution < 1.29 is 18.0 Å². The van der Waals surface area contributed by atoms with Gasteiger partial charge in [0.05, 0.1) is 11.3 Å². The van der Waals surface area contributed by atoms with Gasteiger partial charge in [0.2, 0.25) is 0 Å². The van der Waals surface area contributed by atoms with Crippen LogP contribution in [0.3, 0.4) is 0 Å². The maximum absolute atomic E-state index is 12.9. The van der Waals surface area contributed by atoms with E-state index in [-0.39, 0.29) is 17.3 Å². The van der Waals surface area contributed by atoms with Crippen molar-refractivity contribution in [2.45, 2.75) is 50.9 Å². The van der Waals surface area contributed by atoms with Crippen LogP contribution in [-0.4, -0.2) is 50.8 Å². The lowest BCUT2D eigenvalue weighted by molar-refractivity contribution is -0.137. The van der Waals surface area contributed by atoms with Crippen LogP contribution in [0.15, 0.2) is 30.5 Å². The van der Waals surface area contributed by atoms with Gasteiger partial charge in [0.15, 0.2) is 0 Å². The zero-order valence-electron chi connectivity index (χ0n) is 17.0. The molecule has 2 aliphatic rings. The van der Waals surface area contributed by atoms with Crippen molar-refractivity contribution >= 4 is 11.7 Å². The smallest absolute Gasteiger partial charge is 0.398 e. The van der Waals surface area contributed by atoms with E-state index in [0.29, 0.717) is 19.6 Å². The summed E-state index contributed by atoms with van der Waals surface area (Å²) in [5, 5.41) is 4.20. The molecule has 0 atom stereocenters.